The molecule has 90 valence electrons. The Morgan fingerprint density at radius 1 is 1.25 bits per heavy atom. The Kier molecular flexibility index (Phi) is 4.43. The summed E-state index contributed by atoms with van der Waals surface area (Å²) in [5.41, 5.74) is 0.319. The van der Waals surface area contributed by atoms with Crippen LogP contribution >= 0.6 is 15.9 Å². The van der Waals surface area contributed by atoms with Crippen LogP contribution in [0.25, 0.3) is 0 Å². The van der Waals surface area contributed by atoms with Crippen molar-refractivity contribution in [3.05, 3.63) is 29.8 Å². The van der Waals surface area contributed by atoms with Crippen LogP contribution in [0.2, 0.25) is 0 Å². The lowest BCUT2D eigenvalue weighted by Gasteiger charge is -2.15. The summed E-state index contributed by atoms with van der Waals surface area (Å²) in [6, 6.07) is 4.58. The summed E-state index contributed by atoms with van der Waals surface area (Å²) in [6.07, 6.45) is -2.15. The molecule has 0 heterocycles. The fourth-order valence-corrected chi connectivity index (χ4v) is 1.95. The van der Waals surface area contributed by atoms with Crippen molar-refractivity contribution in [3.63, 3.8) is 0 Å². The van der Waals surface area contributed by atoms with E-state index in [1.165, 1.54) is 12.1 Å². The summed E-state index contributed by atoms with van der Waals surface area (Å²) in [7, 11) is -4.72. The molecule has 4 nitrogen and oxygen atoms in total. The third-order valence-corrected chi connectivity index (χ3v) is 3.52. The number of aliphatic hydroxyl groups excluding tert-OH is 2. The quantitative estimate of drug-likeness (QED) is 0.645. The van der Waals surface area contributed by atoms with Gasteiger partial charge in [0.1, 0.15) is 6.10 Å². The third-order valence-electron chi connectivity index (χ3n) is 2.03. The standard InChI is InChI=1S/C9H10BrFO4S/c10-5-8(12)9(13)6-1-3-7(4-2-6)16(11,14)15/h1-4,8-9,12-13H,5H2. The number of aliphatic hydroxyl groups is 2. The van der Waals surface area contributed by atoms with Crippen molar-refractivity contribution in [1.82, 2.24) is 0 Å². The van der Waals surface area contributed by atoms with Crippen molar-refractivity contribution in [2.75, 3.05) is 5.33 Å². The molecular weight excluding hydrogens is 303 g/mol. The molecule has 2 N–H and O–H groups in total. The zero-order chi connectivity index (χ0) is 12.3. The maximum absolute atomic E-state index is 12.5. The van der Waals surface area contributed by atoms with Gasteiger partial charge < -0.3 is 10.2 Å². The number of rotatable bonds is 4. The van der Waals surface area contributed by atoms with Gasteiger partial charge in [-0.15, -0.1) is 3.89 Å². The van der Waals surface area contributed by atoms with Crippen molar-refractivity contribution in [1.29, 1.82) is 0 Å². The molecule has 0 bridgehead atoms. The van der Waals surface area contributed by atoms with Crippen LogP contribution < -0.4 is 0 Å². The van der Waals surface area contributed by atoms with Gasteiger partial charge >= 0.3 is 10.2 Å². The van der Waals surface area contributed by atoms with Crippen molar-refractivity contribution in [3.8, 4) is 0 Å². The lowest BCUT2D eigenvalue weighted by Crippen LogP contribution is -2.19. The molecular formula is C9H10BrFO4S. The molecule has 16 heavy (non-hydrogen) atoms. The SMILES string of the molecule is O=S(=O)(F)c1ccc(C(O)C(O)CBr)cc1. The molecule has 0 spiro atoms. The molecule has 0 saturated heterocycles. The van der Waals surface area contributed by atoms with E-state index in [-0.39, 0.29) is 5.33 Å². The number of alkyl halides is 1. The maximum Gasteiger partial charge on any atom is 0.332 e. The number of benzene rings is 1. The minimum absolute atomic E-state index is 0.178. The van der Waals surface area contributed by atoms with Crippen LogP contribution in [0.3, 0.4) is 0 Å². The molecule has 2 atom stereocenters. The number of hydrogen-bond acceptors (Lipinski definition) is 4. The smallest absolute Gasteiger partial charge is 0.332 e. The Hall–Kier alpha value is -0.500. The minimum Gasteiger partial charge on any atom is -0.389 e. The van der Waals surface area contributed by atoms with Crippen molar-refractivity contribution in [2.24, 2.45) is 0 Å². The van der Waals surface area contributed by atoms with Gasteiger partial charge in [-0.2, -0.15) is 8.42 Å². The Bertz CT molecular complexity index is 445. The van der Waals surface area contributed by atoms with Gasteiger partial charge in [-0.1, -0.05) is 28.1 Å². The molecule has 1 aromatic carbocycles. The molecule has 0 fully saturated rings. The summed E-state index contributed by atoms with van der Waals surface area (Å²) in [4.78, 5) is -0.475. The summed E-state index contributed by atoms with van der Waals surface area (Å²) in [5, 5.41) is 19.1. The van der Waals surface area contributed by atoms with Crippen molar-refractivity contribution < 1.29 is 22.5 Å². The summed E-state index contributed by atoms with van der Waals surface area (Å²) in [6.45, 7) is 0. The van der Waals surface area contributed by atoms with Gasteiger partial charge in [-0.25, -0.2) is 0 Å². The zero-order valence-electron chi connectivity index (χ0n) is 8.05. The van der Waals surface area contributed by atoms with Crippen LogP contribution in [0, 0.1) is 0 Å². The van der Waals surface area contributed by atoms with E-state index in [2.05, 4.69) is 15.9 Å². The van der Waals surface area contributed by atoms with E-state index >= 15 is 0 Å². The molecule has 0 aliphatic rings. The van der Waals surface area contributed by atoms with Gasteiger partial charge in [0.2, 0.25) is 0 Å². The summed E-state index contributed by atoms with van der Waals surface area (Å²) in [5.74, 6) is 0. The van der Waals surface area contributed by atoms with Gasteiger partial charge in [0.05, 0.1) is 11.0 Å². The second-order valence-corrected chi connectivity index (χ2v) is 5.17. The second-order valence-electron chi connectivity index (χ2n) is 3.17. The monoisotopic (exact) mass is 312 g/mol. The fraction of sp³-hybridized carbons (Fsp3) is 0.333. The highest BCUT2D eigenvalue weighted by molar-refractivity contribution is 9.09. The molecule has 0 aliphatic heterocycles. The first-order valence-corrected chi connectivity index (χ1v) is 6.83. The van der Waals surface area contributed by atoms with E-state index in [9.17, 15) is 22.5 Å². The molecule has 0 aliphatic carbocycles. The Balaban J connectivity index is 2.96. The number of halogens is 2. The molecule has 7 heteroatoms. The Morgan fingerprint density at radius 2 is 1.75 bits per heavy atom. The van der Waals surface area contributed by atoms with Crippen LogP contribution in [0.15, 0.2) is 29.2 Å². The highest BCUT2D eigenvalue weighted by atomic mass is 79.9. The molecule has 0 radical (unpaired) electrons. The van der Waals surface area contributed by atoms with Gasteiger partial charge in [-0.05, 0) is 17.7 Å². The highest BCUT2D eigenvalue weighted by Crippen LogP contribution is 2.21. The predicted octanol–water partition coefficient (Wildman–Crippen LogP) is 1.13. The molecule has 0 saturated carbocycles. The first kappa shape index (κ1) is 13.6. The topological polar surface area (TPSA) is 74.6 Å². The van der Waals surface area contributed by atoms with E-state index in [1.54, 1.807) is 0 Å². The predicted molar refractivity (Wildman–Crippen MR) is 59.5 cm³/mol. The van der Waals surface area contributed by atoms with Gasteiger partial charge in [-0.3, -0.25) is 0 Å². The molecule has 2 unspecified atom stereocenters. The van der Waals surface area contributed by atoms with Gasteiger partial charge in [0.25, 0.3) is 0 Å². The second kappa shape index (κ2) is 5.22. The van der Waals surface area contributed by atoms with E-state index in [1.807, 2.05) is 0 Å². The van der Waals surface area contributed by atoms with Crippen LogP contribution in [-0.2, 0) is 10.2 Å². The van der Waals surface area contributed by atoms with E-state index in [0.717, 1.165) is 12.1 Å². The average Bonchev–Trinajstić information content (AvgIpc) is 2.26. The average molecular weight is 313 g/mol. The van der Waals surface area contributed by atoms with E-state index in [0.29, 0.717) is 5.56 Å². The third kappa shape index (κ3) is 3.24. The van der Waals surface area contributed by atoms with Crippen LogP contribution in [0.4, 0.5) is 3.89 Å². The van der Waals surface area contributed by atoms with Crippen molar-refractivity contribution in [2.45, 2.75) is 17.1 Å². The van der Waals surface area contributed by atoms with E-state index < -0.39 is 27.3 Å². The molecule has 1 aromatic rings. The van der Waals surface area contributed by atoms with Crippen LogP contribution in [0.1, 0.15) is 11.7 Å². The van der Waals surface area contributed by atoms with E-state index in [4.69, 9.17) is 0 Å². The van der Waals surface area contributed by atoms with Crippen LogP contribution in [0.5, 0.6) is 0 Å². The largest absolute Gasteiger partial charge is 0.389 e. The summed E-state index contributed by atoms with van der Waals surface area (Å²) >= 11 is 2.99. The lowest BCUT2D eigenvalue weighted by molar-refractivity contribution is 0.0342. The fourth-order valence-electron chi connectivity index (χ4n) is 1.13. The normalized spacial score (nSPS) is 15.8. The van der Waals surface area contributed by atoms with Gasteiger partial charge in [0.15, 0.2) is 0 Å². The zero-order valence-corrected chi connectivity index (χ0v) is 10.4. The number of hydrogen-bond donors (Lipinski definition) is 2. The molecule has 0 aromatic heterocycles. The van der Waals surface area contributed by atoms with Crippen LogP contribution in [-0.4, -0.2) is 30.1 Å². The Morgan fingerprint density at radius 3 is 2.12 bits per heavy atom. The first-order valence-electron chi connectivity index (χ1n) is 4.33. The molecule has 1 rings (SSSR count). The first-order chi connectivity index (χ1) is 7.36. The lowest BCUT2D eigenvalue weighted by atomic mass is 10.1. The molecule has 0 amide bonds. The van der Waals surface area contributed by atoms with Gasteiger partial charge in [0, 0.05) is 5.33 Å². The summed E-state index contributed by atoms with van der Waals surface area (Å²) < 4.78 is 33.6. The Labute approximate surface area is 101 Å². The highest BCUT2D eigenvalue weighted by Gasteiger charge is 2.18. The van der Waals surface area contributed by atoms with Crippen molar-refractivity contribution >= 4 is 26.2 Å². The maximum atomic E-state index is 12.5. The minimum atomic E-state index is -4.72.